The van der Waals surface area contributed by atoms with Crippen molar-refractivity contribution in [2.24, 2.45) is 0 Å². The maximum Gasteiger partial charge on any atom is 0.223 e. The quantitative estimate of drug-likeness (QED) is 0.538. The van der Waals surface area contributed by atoms with Crippen molar-refractivity contribution in [1.29, 1.82) is 0 Å². The molecular weight excluding hydrogens is 331 g/mol. The molecule has 0 radical (unpaired) electrons. The van der Waals surface area contributed by atoms with Crippen LogP contribution in [0.1, 0.15) is 30.9 Å². The minimum atomic E-state index is -0.300. The average Bonchev–Trinajstić information content (AvgIpc) is 2.40. The summed E-state index contributed by atoms with van der Waals surface area (Å²) >= 11 is 9.33. The van der Waals surface area contributed by atoms with E-state index >= 15 is 0 Å². The van der Waals surface area contributed by atoms with Gasteiger partial charge in [0.1, 0.15) is 5.82 Å². The van der Waals surface area contributed by atoms with E-state index < -0.39 is 0 Å². The Morgan fingerprint density at radius 1 is 1.32 bits per heavy atom. The van der Waals surface area contributed by atoms with E-state index in [1.807, 2.05) is 0 Å². The zero-order chi connectivity index (χ0) is 13.4. The van der Waals surface area contributed by atoms with E-state index in [9.17, 15) is 4.39 Å². The molecule has 5 heteroatoms. The molecule has 0 spiro atoms. The minimum absolute atomic E-state index is 0.186. The first-order valence-corrected chi connectivity index (χ1v) is 7.31. The molecule has 1 aliphatic carbocycles. The second-order valence-electron chi connectivity index (χ2n) is 4.63. The number of fused-ring (bicyclic) bond motifs is 1. The fourth-order valence-electron chi connectivity index (χ4n) is 2.47. The van der Waals surface area contributed by atoms with Crippen LogP contribution in [0.4, 0.5) is 4.39 Å². The molecule has 1 unspecified atom stereocenters. The summed E-state index contributed by atoms with van der Waals surface area (Å²) in [6.45, 7) is 0. The smallest absolute Gasteiger partial charge is 0.222 e. The lowest BCUT2D eigenvalue weighted by Crippen LogP contribution is -2.05. The van der Waals surface area contributed by atoms with Gasteiger partial charge in [0.15, 0.2) is 0 Å². The molecule has 2 nitrogen and oxygen atoms in total. The number of allylic oxidation sites excluding steroid dienone is 2. The number of nitrogens with zero attached hydrogens (tertiary/aromatic N) is 2. The molecule has 1 aliphatic rings. The molecule has 3 rings (SSSR count). The van der Waals surface area contributed by atoms with E-state index in [2.05, 4.69) is 38.0 Å². The van der Waals surface area contributed by atoms with Gasteiger partial charge in [-0.15, -0.1) is 0 Å². The first-order chi connectivity index (χ1) is 9.15. The number of halogens is 3. The van der Waals surface area contributed by atoms with Crippen molar-refractivity contribution in [1.82, 2.24) is 9.97 Å². The van der Waals surface area contributed by atoms with E-state index in [1.165, 1.54) is 12.1 Å². The van der Waals surface area contributed by atoms with Crippen LogP contribution in [0.15, 0.2) is 28.8 Å². The van der Waals surface area contributed by atoms with Crippen molar-refractivity contribution in [3.8, 4) is 0 Å². The lowest BCUT2D eigenvalue weighted by atomic mass is 9.91. The van der Waals surface area contributed by atoms with Gasteiger partial charge in [0, 0.05) is 15.8 Å². The van der Waals surface area contributed by atoms with E-state index in [1.54, 1.807) is 0 Å². The van der Waals surface area contributed by atoms with E-state index in [0.29, 0.717) is 9.99 Å². The number of benzene rings is 1. The van der Waals surface area contributed by atoms with Gasteiger partial charge in [-0.05, 0) is 58.9 Å². The van der Waals surface area contributed by atoms with Gasteiger partial charge < -0.3 is 0 Å². The summed E-state index contributed by atoms with van der Waals surface area (Å²) in [6.07, 6.45) is 7.48. The first-order valence-electron chi connectivity index (χ1n) is 6.14. The molecule has 1 atom stereocenters. The fourth-order valence-corrected chi connectivity index (χ4v) is 3.17. The maximum absolute atomic E-state index is 13.6. The van der Waals surface area contributed by atoms with Gasteiger partial charge in [-0.25, -0.2) is 14.4 Å². The third-order valence-electron chi connectivity index (χ3n) is 3.33. The SMILES string of the molecule is Fc1cc(Br)c2nc(Cl)nc(C3C=CCCC3)c2c1. The van der Waals surface area contributed by atoms with Crippen LogP contribution in [0.2, 0.25) is 5.28 Å². The van der Waals surface area contributed by atoms with Gasteiger partial charge in [-0.1, -0.05) is 12.2 Å². The predicted octanol–water partition coefficient (Wildman–Crippen LogP) is 5.01. The predicted molar refractivity (Wildman–Crippen MR) is 77.9 cm³/mol. The molecule has 0 N–H and O–H groups in total. The highest BCUT2D eigenvalue weighted by Crippen LogP contribution is 2.34. The highest BCUT2D eigenvalue weighted by molar-refractivity contribution is 9.10. The van der Waals surface area contributed by atoms with Crippen molar-refractivity contribution in [2.45, 2.75) is 25.2 Å². The van der Waals surface area contributed by atoms with Crippen molar-refractivity contribution in [3.05, 3.63) is 45.6 Å². The maximum atomic E-state index is 13.6. The first kappa shape index (κ1) is 13.0. The number of hydrogen-bond acceptors (Lipinski definition) is 2. The van der Waals surface area contributed by atoms with Crippen molar-refractivity contribution < 1.29 is 4.39 Å². The molecule has 98 valence electrons. The summed E-state index contributed by atoms with van der Waals surface area (Å²) < 4.78 is 14.2. The van der Waals surface area contributed by atoms with Crippen molar-refractivity contribution >= 4 is 38.4 Å². The van der Waals surface area contributed by atoms with Crippen LogP contribution in [0.5, 0.6) is 0 Å². The van der Waals surface area contributed by atoms with Crippen LogP contribution >= 0.6 is 27.5 Å². The van der Waals surface area contributed by atoms with Crippen LogP contribution in [0.3, 0.4) is 0 Å². The summed E-state index contributed by atoms with van der Waals surface area (Å²) in [5.74, 6) is -0.114. The van der Waals surface area contributed by atoms with Crippen molar-refractivity contribution in [2.75, 3.05) is 0 Å². The molecule has 0 amide bonds. The monoisotopic (exact) mass is 340 g/mol. The molecule has 19 heavy (non-hydrogen) atoms. The number of aromatic nitrogens is 2. The van der Waals surface area contributed by atoms with Gasteiger partial charge in [-0.2, -0.15) is 0 Å². The Bertz CT molecular complexity index is 672. The van der Waals surface area contributed by atoms with Gasteiger partial charge in [-0.3, -0.25) is 0 Å². The van der Waals surface area contributed by atoms with Gasteiger partial charge >= 0.3 is 0 Å². The van der Waals surface area contributed by atoms with E-state index in [-0.39, 0.29) is 17.0 Å². The molecule has 0 saturated carbocycles. The Morgan fingerprint density at radius 3 is 2.89 bits per heavy atom. The summed E-state index contributed by atoms with van der Waals surface area (Å²) in [7, 11) is 0. The lowest BCUT2D eigenvalue weighted by molar-refractivity contribution is 0.626. The van der Waals surface area contributed by atoms with Crippen LogP contribution in [-0.2, 0) is 0 Å². The molecule has 0 fully saturated rings. The third kappa shape index (κ3) is 2.51. The third-order valence-corrected chi connectivity index (χ3v) is 4.10. The summed E-state index contributed by atoms with van der Waals surface area (Å²) in [5, 5.41) is 0.932. The van der Waals surface area contributed by atoms with E-state index in [4.69, 9.17) is 11.6 Å². The second-order valence-corrected chi connectivity index (χ2v) is 5.82. The molecule has 1 heterocycles. The van der Waals surface area contributed by atoms with Crippen LogP contribution in [0, 0.1) is 5.82 Å². The van der Waals surface area contributed by atoms with Crippen LogP contribution in [-0.4, -0.2) is 9.97 Å². The zero-order valence-electron chi connectivity index (χ0n) is 10.0. The zero-order valence-corrected chi connectivity index (χ0v) is 12.4. The number of hydrogen-bond donors (Lipinski definition) is 0. The molecule has 0 saturated heterocycles. The fraction of sp³-hybridized carbons (Fsp3) is 0.286. The summed E-state index contributed by atoms with van der Waals surface area (Å²) in [5.41, 5.74) is 1.47. The molecule has 1 aromatic heterocycles. The molecule has 1 aromatic carbocycles. The Hall–Kier alpha value is -1.00. The van der Waals surface area contributed by atoms with Gasteiger partial charge in [0.25, 0.3) is 0 Å². The second kappa shape index (κ2) is 5.17. The normalized spacial score (nSPS) is 19.0. The topological polar surface area (TPSA) is 25.8 Å². The Labute approximate surface area is 123 Å². The number of rotatable bonds is 1. The van der Waals surface area contributed by atoms with Gasteiger partial charge in [0.2, 0.25) is 5.28 Å². The Morgan fingerprint density at radius 2 is 2.16 bits per heavy atom. The summed E-state index contributed by atoms with van der Waals surface area (Å²) in [4.78, 5) is 8.51. The highest BCUT2D eigenvalue weighted by Gasteiger charge is 2.19. The molecular formula is C14H11BrClFN2. The van der Waals surface area contributed by atoms with Crippen LogP contribution in [0.25, 0.3) is 10.9 Å². The lowest BCUT2D eigenvalue weighted by Gasteiger charge is -2.18. The molecule has 0 aliphatic heterocycles. The molecule has 2 aromatic rings. The Kier molecular flexibility index (Phi) is 3.54. The largest absolute Gasteiger partial charge is 0.223 e. The van der Waals surface area contributed by atoms with Crippen molar-refractivity contribution in [3.63, 3.8) is 0 Å². The Balaban J connectivity index is 2.27. The standard InChI is InChI=1S/C14H11BrClFN2/c15-11-7-9(17)6-10-12(8-4-2-1-3-5-8)18-14(16)19-13(10)11/h2,4,6-8H,1,3,5H2. The van der Waals surface area contributed by atoms with Crippen LogP contribution < -0.4 is 0 Å². The van der Waals surface area contributed by atoms with E-state index in [0.717, 1.165) is 30.3 Å². The minimum Gasteiger partial charge on any atom is -0.222 e. The summed E-state index contributed by atoms with van der Waals surface area (Å²) in [6, 6.07) is 2.88. The highest BCUT2D eigenvalue weighted by atomic mass is 79.9. The molecule has 0 bridgehead atoms. The van der Waals surface area contributed by atoms with Gasteiger partial charge in [0.05, 0.1) is 11.2 Å². The average molecular weight is 342 g/mol.